The standard InChI is InChI=1S/C23H29N5O7S/c1-13-6-8-16(36(32,33)25-3)11-17(13)22(31)27-14(2)21(30)28-23(24)26-12-18(29)15-7-9-19(34-4)20(10-15)35-5/h6-11,14,25H,12H2,1-5H3,(H,27,31)(H3,24,26,28,30)/t14-/m0/s1. The first-order valence-electron chi connectivity index (χ1n) is 10.7. The molecule has 0 heterocycles. The van der Waals surface area contributed by atoms with E-state index in [9.17, 15) is 22.8 Å². The lowest BCUT2D eigenvalue weighted by Gasteiger charge is -2.16. The number of nitrogens with one attached hydrogen (secondary N) is 5. The Morgan fingerprint density at radius 1 is 1.03 bits per heavy atom. The number of benzene rings is 2. The molecule has 2 amide bonds. The SMILES string of the molecule is CNS(=O)(=O)c1ccc(C)c(C(=O)N[C@@H](C)C(=O)NC(=N)NCC(=O)c2ccc(OC)c(OC)c2)c1. The largest absolute Gasteiger partial charge is 0.493 e. The van der Waals surface area contributed by atoms with Crippen LogP contribution in [-0.4, -0.2) is 65.8 Å². The zero-order valence-electron chi connectivity index (χ0n) is 20.5. The summed E-state index contributed by atoms with van der Waals surface area (Å²) >= 11 is 0. The summed E-state index contributed by atoms with van der Waals surface area (Å²) in [4.78, 5) is 37.4. The van der Waals surface area contributed by atoms with E-state index in [2.05, 4.69) is 20.7 Å². The van der Waals surface area contributed by atoms with E-state index in [4.69, 9.17) is 14.9 Å². The van der Waals surface area contributed by atoms with Crippen molar-refractivity contribution in [2.75, 3.05) is 27.8 Å². The minimum absolute atomic E-state index is 0.0830. The summed E-state index contributed by atoms with van der Waals surface area (Å²) in [7, 11) is 0.412. The van der Waals surface area contributed by atoms with Gasteiger partial charge in [0.2, 0.25) is 15.9 Å². The summed E-state index contributed by atoms with van der Waals surface area (Å²) < 4.78 is 36.5. The fourth-order valence-corrected chi connectivity index (χ4v) is 3.78. The van der Waals surface area contributed by atoms with Gasteiger partial charge in [-0.3, -0.25) is 25.1 Å². The first-order chi connectivity index (χ1) is 16.9. The summed E-state index contributed by atoms with van der Waals surface area (Å²) in [6.45, 7) is 2.75. The Labute approximate surface area is 209 Å². The smallest absolute Gasteiger partial charge is 0.252 e. The van der Waals surface area contributed by atoms with Gasteiger partial charge in [-0.1, -0.05) is 6.07 Å². The van der Waals surface area contributed by atoms with Gasteiger partial charge in [-0.05, 0) is 56.8 Å². The van der Waals surface area contributed by atoms with Gasteiger partial charge in [0.15, 0.2) is 23.2 Å². The topological polar surface area (TPSA) is 176 Å². The maximum Gasteiger partial charge on any atom is 0.252 e. The molecule has 2 rings (SSSR count). The number of guanidine groups is 1. The van der Waals surface area contributed by atoms with Crippen LogP contribution in [0.2, 0.25) is 0 Å². The van der Waals surface area contributed by atoms with Crippen LogP contribution in [-0.2, 0) is 14.8 Å². The van der Waals surface area contributed by atoms with Crippen LogP contribution in [0.25, 0.3) is 0 Å². The molecule has 0 aliphatic rings. The Hall–Kier alpha value is -3.97. The predicted octanol–water partition coefficient (Wildman–Crippen LogP) is 0.562. The van der Waals surface area contributed by atoms with Crippen LogP contribution in [0.1, 0.15) is 33.2 Å². The Morgan fingerprint density at radius 3 is 2.31 bits per heavy atom. The molecule has 2 aromatic carbocycles. The van der Waals surface area contributed by atoms with Crippen molar-refractivity contribution in [1.29, 1.82) is 5.41 Å². The van der Waals surface area contributed by atoms with Gasteiger partial charge >= 0.3 is 0 Å². The average molecular weight is 520 g/mol. The average Bonchev–Trinajstić information content (AvgIpc) is 2.86. The van der Waals surface area contributed by atoms with Gasteiger partial charge in [0.05, 0.1) is 25.7 Å². The van der Waals surface area contributed by atoms with E-state index in [-0.39, 0.29) is 22.8 Å². The molecule has 0 aliphatic heterocycles. The van der Waals surface area contributed by atoms with Gasteiger partial charge in [0, 0.05) is 11.1 Å². The zero-order chi connectivity index (χ0) is 27.0. The molecule has 0 saturated heterocycles. The Bertz CT molecular complexity index is 1280. The Balaban J connectivity index is 1.95. The quantitative estimate of drug-likeness (QED) is 0.172. The number of ketones is 1. The maximum atomic E-state index is 12.7. The summed E-state index contributed by atoms with van der Waals surface area (Å²) in [5.41, 5.74) is 0.913. The predicted molar refractivity (Wildman–Crippen MR) is 132 cm³/mol. The number of methoxy groups -OCH3 is 2. The van der Waals surface area contributed by atoms with Crippen LogP contribution in [0.15, 0.2) is 41.3 Å². The first-order valence-corrected chi connectivity index (χ1v) is 12.1. The highest BCUT2D eigenvalue weighted by molar-refractivity contribution is 7.89. The molecule has 0 bridgehead atoms. The number of carbonyl (C=O) groups is 3. The number of Topliss-reactive ketones (excluding diaryl/α,β-unsaturated/α-hetero) is 1. The van der Waals surface area contributed by atoms with Crippen molar-refractivity contribution in [3.05, 3.63) is 53.1 Å². The summed E-state index contributed by atoms with van der Waals surface area (Å²) in [5, 5.41) is 15.1. The van der Waals surface area contributed by atoms with Crippen LogP contribution >= 0.6 is 0 Å². The lowest BCUT2D eigenvalue weighted by atomic mass is 10.1. The Morgan fingerprint density at radius 2 is 1.69 bits per heavy atom. The van der Waals surface area contributed by atoms with Crippen LogP contribution in [0.3, 0.4) is 0 Å². The van der Waals surface area contributed by atoms with Crippen LogP contribution in [0.5, 0.6) is 11.5 Å². The fourth-order valence-electron chi connectivity index (χ4n) is 3.03. The monoisotopic (exact) mass is 519 g/mol. The van der Waals surface area contributed by atoms with Crippen LogP contribution in [0.4, 0.5) is 0 Å². The molecule has 194 valence electrons. The van der Waals surface area contributed by atoms with E-state index in [1.54, 1.807) is 19.1 Å². The molecule has 0 aromatic heterocycles. The Kier molecular flexibility index (Phi) is 9.53. The highest BCUT2D eigenvalue weighted by Gasteiger charge is 2.21. The second-order valence-electron chi connectivity index (χ2n) is 7.59. The van der Waals surface area contributed by atoms with Crippen molar-refractivity contribution in [2.24, 2.45) is 0 Å². The highest BCUT2D eigenvalue weighted by atomic mass is 32.2. The molecule has 0 saturated carbocycles. The lowest BCUT2D eigenvalue weighted by Crippen LogP contribution is -2.50. The molecule has 0 aliphatic carbocycles. The summed E-state index contributed by atoms with van der Waals surface area (Å²) in [6.07, 6.45) is 0. The third kappa shape index (κ3) is 7.02. The molecule has 13 heteroatoms. The van der Waals surface area contributed by atoms with Gasteiger partial charge in [-0.15, -0.1) is 0 Å². The number of hydrogen-bond acceptors (Lipinski definition) is 8. The molecule has 12 nitrogen and oxygen atoms in total. The number of carbonyl (C=O) groups excluding carboxylic acids is 3. The van der Waals surface area contributed by atoms with Gasteiger partial charge in [-0.2, -0.15) is 0 Å². The van der Waals surface area contributed by atoms with E-state index in [0.717, 1.165) is 0 Å². The molecular weight excluding hydrogens is 490 g/mol. The molecule has 0 radical (unpaired) electrons. The second-order valence-corrected chi connectivity index (χ2v) is 9.48. The molecule has 1 atom stereocenters. The second kappa shape index (κ2) is 12.1. The van der Waals surface area contributed by atoms with Crippen molar-refractivity contribution in [1.82, 2.24) is 20.7 Å². The van der Waals surface area contributed by atoms with Crippen molar-refractivity contribution < 1.29 is 32.3 Å². The number of ether oxygens (including phenoxy) is 2. The van der Waals surface area contributed by atoms with E-state index in [1.165, 1.54) is 52.5 Å². The van der Waals surface area contributed by atoms with Crippen molar-refractivity contribution in [3.8, 4) is 11.5 Å². The van der Waals surface area contributed by atoms with Crippen molar-refractivity contribution in [3.63, 3.8) is 0 Å². The van der Waals surface area contributed by atoms with Crippen molar-refractivity contribution in [2.45, 2.75) is 24.8 Å². The number of rotatable bonds is 10. The minimum atomic E-state index is -3.76. The lowest BCUT2D eigenvalue weighted by molar-refractivity contribution is -0.121. The summed E-state index contributed by atoms with van der Waals surface area (Å²) in [6, 6.07) is 7.62. The molecule has 0 fully saturated rings. The third-order valence-electron chi connectivity index (χ3n) is 5.15. The minimum Gasteiger partial charge on any atom is -0.493 e. The van der Waals surface area contributed by atoms with E-state index in [1.807, 2.05) is 0 Å². The van der Waals surface area contributed by atoms with Crippen LogP contribution < -0.4 is 30.1 Å². The molecule has 0 spiro atoms. The fraction of sp³-hybridized carbons (Fsp3) is 0.304. The van der Waals surface area contributed by atoms with Gasteiger partial charge in [-0.25, -0.2) is 13.1 Å². The number of aryl methyl sites for hydroxylation is 1. The van der Waals surface area contributed by atoms with Gasteiger partial charge < -0.3 is 20.1 Å². The molecule has 5 N–H and O–H groups in total. The normalized spacial score (nSPS) is 11.7. The van der Waals surface area contributed by atoms with E-state index < -0.39 is 33.8 Å². The molecular formula is C23H29N5O7S. The van der Waals surface area contributed by atoms with Crippen molar-refractivity contribution >= 4 is 33.6 Å². The molecule has 0 unspecified atom stereocenters. The first kappa shape index (κ1) is 28.3. The van der Waals surface area contributed by atoms with Crippen LogP contribution in [0, 0.1) is 12.3 Å². The number of hydrogen-bond donors (Lipinski definition) is 5. The maximum absolute atomic E-state index is 12.7. The zero-order valence-corrected chi connectivity index (χ0v) is 21.3. The van der Waals surface area contributed by atoms with Gasteiger partial charge in [0.25, 0.3) is 5.91 Å². The van der Waals surface area contributed by atoms with Gasteiger partial charge in [0.1, 0.15) is 6.04 Å². The summed E-state index contributed by atoms with van der Waals surface area (Å²) in [5.74, 6) is -1.33. The number of amides is 2. The van der Waals surface area contributed by atoms with E-state index >= 15 is 0 Å². The highest BCUT2D eigenvalue weighted by Crippen LogP contribution is 2.27. The van der Waals surface area contributed by atoms with E-state index in [0.29, 0.717) is 22.6 Å². The third-order valence-corrected chi connectivity index (χ3v) is 6.57. The molecule has 2 aromatic rings. The number of sulfonamides is 1. The molecule has 36 heavy (non-hydrogen) atoms.